The molecule has 0 aromatic heterocycles. The molecular weight excluding hydrogens is 248 g/mol. The maximum Gasteiger partial charge on any atom is 0.220 e. The molecule has 1 aromatic carbocycles. The lowest BCUT2D eigenvalue weighted by Crippen LogP contribution is -2.46. The van der Waals surface area contributed by atoms with E-state index in [-0.39, 0.29) is 5.91 Å². The van der Waals surface area contributed by atoms with E-state index in [0.717, 1.165) is 24.4 Å². The number of hydrogen-bond donors (Lipinski definition) is 2. The molecule has 1 saturated heterocycles. The highest BCUT2D eigenvalue weighted by molar-refractivity contribution is 6.30. The van der Waals surface area contributed by atoms with E-state index in [4.69, 9.17) is 11.6 Å². The second-order valence-electron chi connectivity index (χ2n) is 4.72. The highest BCUT2D eigenvalue weighted by Crippen LogP contribution is 2.20. The van der Waals surface area contributed by atoms with Gasteiger partial charge in [0, 0.05) is 30.1 Å². The van der Waals surface area contributed by atoms with Crippen LogP contribution >= 0.6 is 11.6 Å². The number of benzene rings is 1. The third-order valence-electron chi connectivity index (χ3n) is 3.38. The van der Waals surface area contributed by atoms with Crippen LogP contribution in [-0.2, 0) is 4.79 Å². The number of piperidine rings is 1. The van der Waals surface area contributed by atoms with Gasteiger partial charge in [-0.15, -0.1) is 0 Å². The SMILES string of the molecule is CCC(NC1CCC(=O)NC1)c1ccc(Cl)cc1. The van der Waals surface area contributed by atoms with Crippen molar-refractivity contribution in [3.63, 3.8) is 0 Å². The minimum Gasteiger partial charge on any atom is -0.355 e. The normalized spacial score (nSPS) is 21.4. The molecule has 2 atom stereocenters. The Bertz CT molecular complexity index is 395. The average Bonchev–Trinajstić information content (AvgIpc) is 2.39. The molecule has 0 radical (unpaired) electrons. The average molecular weight is 267 g/mol. The van der Waals surface area contributed by atoms with Gasteiger partial charge in [-0.25, -0.2) is 0 Å². The molecule has 2 N–H and O–H groups in total. The Labute approximate surface area is 113 Å². The fourth-order valence-electron chi connectivity index (χ4n) is 2.30. The first-order valence-electron chi connectivity index (χ1n) is 6.47. The van der Waals surface area contributed by atoms with Crippen molar-refractivity contribution in [2.24, 2.45) is 0 Å². The van der Waals surface area contributed by atoms with E-state index < -0.39 is 0 Å². The van der Waals surface area contributed by atoms with Gasteiger partial charge in [0.15, 0.2) is 0 Å². The first-order valence-corrected chi connectivity index (χ1v) is 6.85. The van der Waals surface area contributed by atoms with E-state index in [0.29, 0.717) is 18.5 Å². The van der Waals surface area contributed by atoms with Crippen LogP contribution in [0.4, 0.5) is 0 Å². The number of carbonyl (C=O) groups excluding carboxylic acids is 1. The second kappa shape index (κ2) is 6.21. The van der Waals surface area contributed by atoms with Crippen LogP contribution in [0.3, 0.4) is 0 Å². The van der Waals surface area contributed by atoms with Gasteiger partial charge in [-0.1, -0.05) is 30.7 Å². The predicted molar refractivity (Wildman–Crippen MR) is 73.7 cm³/mol. The van der Waals surface area contributed by atoms with Crippen molar-refractivity contribution in [2.75, 3.05) is 6.54 Å². The van der Waals surface area contributed by atoms with Crippen LogP contribution in [0, 0.1) is 0 Å². The fourth-order valence-corrected chi connectivity index (χ4v) is 2.43. The lowest BCUT2D eigenvalue weighted by molar-refractivity contribution is -0.122. The van der Waals surface area contributed by atoms with E-state index in [1.807, 2.05) is 12.1 Å². The number of halogens is 1. The Morgan fingerprint density at radius 2 is 2.17 bits per heavy atom. The van der Waals surface area contributed by atoms with E-state index >= 15 is 0 Å². The molecule has 0 saturated carbocycles. The number of amides is 1. The lowest BCUT2D eigenvalue weighted by atomic mass is 10.0. The van der Waals surface area contributed by atoms with Gasteiger partial charge in [0.05, 0.1) is 0 Å². The molecule has 98 valence electrons. The zero-order valence-corrected chi connectivity index (χ0v) is 11.3. The molecule has 2 unspecified atom stereocenters. The summed E-state index contributed by atoms with van der Waals surface area (Å²) in [6.45, 7) is 2.89. The lowest BCUT2D eigenvalue weighted by Gasteiger charge is -2.28. The highest BCUT2D eigenvalue weighted by atomic mass is 35.5. The molecule has 1 heterocycles. The summed E-state index contributed by atoms with van der Waals surface area (Å²) in [6, 6.07) is 8.65. The molecule has 4 heteroatoms. The molecule has 1 aromatic rings. The molecule has 18 heavy (non-hydrogen) atoms. The second-order valence-corrected chi connectivity index (χ2v) is 5.16. The molecule has 1 amide bonds. The first kappa shape index (κ1) is 13.4. The zero-order valence-electron chi connectivity index (χ0n) is 10.6. The molecule has 1 aliphatic rings. The van der Waals surface area contributed by atoms with Crippen molar-refractivity contribution in [1.29, 1.82) is 0 Å². The standard InChI is InChI=1S/C14H19ClN2O/c1-2-13(10-3-5-11(15)6-4-10)17-12-7-8-14(18)16-9-12/h3-6,12-13,17H,2,7-9H2,1H3,(H,16,18). The molecule has 0 bridgehead atoms. The number of carbonyl (C=O) groups is 1. The Balaban J connectivity index is 1.96. The molecule has 1 fully saturated rings. The third-order valence-corrected chi connectivity index (χ3v) is 3.63. The summed E-state index contributed by atoms with van der Waals surface area (Å²) < 4.78 is 0. The monoisotopic (exact) mass is 266 g/mol. The van der Waals surface area contributed by atoms with Gasteiger partial charge in [0.2, 0.25) is 5.91 Å². The van der Waals surface area contributed by atoms with Crippen LogP contribution in [0.25, 0.3) is 0 Å². The quantitative estimate of drug-likeness (QED) is 0.880. The van der Waals surface area contributed by atoms with Crippen molar-refractivity contribution in [3.05, 3.63) is 34.9 Å². The van der Waals surface area contributed by atoms with Crippen molar-refractivity contribution >= 4 is 17.5 Å². The van der Waals surface area contributed by atoms with Crippen LogP contribution in [-0.4, -0.2) is 18.5 Å². The van der Waals surface area contributed by atoms with Gasteiger partial charge in [0.1, 0.15) is 0 Å². The predicted octanol–water partition coefficient (Wildman–Crippen LogP) is 2.66. The number of hydrogen-bond acceptors (Lipinski definition) is 2. The van der Waals surface area contributed by atoms with Crippen molar-refractivity contribution in [1.82, 2.24) is 10.6 Å². The molecule has 3 nitrogen and oxygen atoms in total. The summed E-state index contributed by atoms with van der Waals surface area (Å²) in [7, 11) is 0. The Morgan fingerprint density at radius 1 is 1.44 bits per heavy atom. The van der Waals surface area contributed by atoms with Crippen LogP contribution in [0.2, 0.25) is 5.02 Å². The zero-order chi connectivity index (χ0) is 13.0. The van der Waals surface area contributed by atoms with Crippen LogP contribution < -0.4 is 10.6 Å². The first-order chi connectivity index (χ1) is 8.69. The highest BCUT2D eigenvalue weighted by Gasteiger charge is 2.20. The Morgan fingerprint density at radius 3 is 2.72 bits per heavy atom. The van der Waals surface area contributed by atoms with Crippen LogP contribution in [0.5, 0.6) is 0 Å². The summed E-state index contributed by atoms with van der Waals surface area (Å²) >= 11 is 5.90. The minimum atomic E-state index is 0.160. The molecule has 0 aliphatic carbocycles. The molecule has 1 aliphatic heterocycles. The largest absolute Gasteiger partial charge is 0.355 e. The van der Waals surface area contributed by atoms with Crippen molar-refractivity contribution in [3.8, 4) is 0 Å². The third kappa shape index (κ3) is 3.47. The van der Waals surface area contributed by atoms with Crippen molar-refractivity contribution in [2.45, 2.75) is 38.3 Å². The topological polar surface area (TPSA) is 41.1 Å². The van der Waals surface area contributed by atoms with E-state index in [2.05, 4.69) is 29.7 Å². The summed E-state index contributed by atoms with van der Waals surface area (Å²) in [5.74, 6) is 0.160. The van der Waals surface area contributed by atoms with E-state index in [1.54, 1.807) is 0 Å². The van der Waals surface area contributed by atoms with Gasteiger partial charge in [0.25, 0.3) is 0 Å². The molecular formula is C14H19ClN2O. The van der Waals surface area contributed by atoms with Gasteiger partial charge in [-0.05, 0) is 30.5 Å². The van der Waals surface area contributed by atoms with Gasteiger partial charge < -0.3 is 10.6 Å². The summed E-state index contributed by atoms with van der Waals surface area (Å²) in [4.78, 5) is 11.1. The number of nitrogens with one attached hydrogen (secondary N) is 2. The Kier molecular flexibility index (Phi) is 4.61. The van der Waals surface area contributed by atoms with Gasteiger partial charge in [-0.3, -0.25) is 4.79 Å². The minimum absolute atomic E-state index is 0.160. The van der Waals surface area contributed by atoms with E-state index in [9.17, 15) is 4.79 Å². The molecule has 2 rings (SSSR count). The number of rotatable bonds is 4. The Hall–Kier alpha value is -1.06. The summed E-state index contributed by atoms with van der Waals surface area (Å²) in [5.41, 5.74) is 1.25. The van der Waals surface area contributed by atoms with Crippen molar-refractivity contribution < 1.29 is 4.79 Å². The van der Waals surface area contributed by atoms with E-state index in [1.165, 1.54) is 5.56 Å². The summed E-state index contributed by atoms with van der Waals surface area (Å²) in [6.07, 6.45) is 2.55. The smallest absolute Gasteiger partial charge is 0.220 e. The van der Waals surface area contributed by atoms with Gasteiger partial charge in [-0.2, -0.15) is 0 Å². The van der Waals surface area contributed by atoms with Crippen LogP contribution in [0.15, 0.2) is 24.3 Å². The van der Waals surface area contributed by atoms with Gasteiger partial charge >= 0.3 is 0 Å². The molecule has 0 spiro atoms. The maximum absolute atomic E-state index is 11.1. The fraction of sp³-hybridized carbons (Fsp3) is 0.500. The summed E-state index contributed by atoms with van der Waals surface area (Å²) in [5, 5.41) is 7.27. The van der Waals surface area contributed by atoms with Crippen LogP contribution in [0.1, 0.15) is 37.8 Å². The maximum atomic E-state index is 11.1.